The fourth-order valence-electron chi connectivity index (χ4n) is 1.83. The zero-order valence-electron chi connectivity index (χ0n) is 11.0. The van der Waals surface area contributed by atoms with E-state index in [-0.39, 0.29) is 10.6 Å². The fourth-order valence-corrected chi connectivity index (χ4v) is 2.83. The number of rotatable bonds is 6. The Bertz CT molecular complexity index is 532. The van der Waals surface area contributed by atoms with Crippen molar-refractivity contribution in [1.82, 2.24) is 4.98 Å². The third-order valence-electron chi connectivity index (χ3n) is 2.81. The minimum absolute atomic E-state index is 0.217. The highest BCUT2D eigenvalue weighted by Gasteiger charge is 2.27. The Balaban J connectivity index is 3.39. The number of alkyl halides is 1. The molecule has 1 aromatic rings. The molecule has 0 bridgehead atoms. The number of halogens is 1. The Labute approximate surface area is 112 Å². The van der Waals surface area contributed by atoms with Gasteiger partial charge in [0.25, 0.3) is 0 Å². The van der Waals surface area contributed by atoms with Crippen molar-refractivity contribution in [2.75, 3.05) is 0 Å². The van der Waals surface area contributed by atoms with Gasteiger partial charge < -0.3 is 5.11 Å². The first-order valence-electron chi connectivity index (χ1n) is 6.11. The van der Waals surface area contributed by atoms with Gasteiger partial charge in [-0.15, -0.1) is 0 Å². The standard InChI is InChI=1S/C12H19FN2O3S/c1-3-4-5-9-6-7-15-10(11(16)8(2)13)12(9)19(14,17)18/h6-8,11,16H,3-5H2,1-2H3,(H2,14,17,18). The van der Waals surface area contributed by atoms with Gasteiger partial charge in [-0.25, -0.2) is 17.9 Å². The van der Waals surface area contributed by atoms with E-state index in [1.807, 2.05) is 6.92 Å². The monoisotopic (exact) mass is 290 g/mol. The van der Waals surface area contributed by atoms with Crippen molar-refractivity contribution >= 4 is 10.0 Å². The average Bonchev–Trinajstić information content (AvgIpc) is 2.33. The minimum atomic E-state index is -4.06. The maximum absolute atomic E-state index is 13.2. The molecular formula is C12H19FN2O3S. The lowest BCUT2D eigenvalue weighted by Gasteiger charge is -2.17. The summed E-state index contributed by atoms with van der Waals surface area (Å²) in [6, 6.07) is 1.54. The summed E-state index contributed by atoms with van der Waals surface area (Å²) in [5, 5.41) is 14.9. The third kappa shape index (κ3) is 3.95. The van der Waals surface area contributed by atoms with Gasteiger partial charge in [-0.1, -0.05) is 13.3 Å². The van der Waals surface area contributed by atoms with Gasteiger partial charge in [-0.05, 0) is 31.4 Å². The smallest absolute Gasteiger partial charge is 0.240 e. The lowest BCUT2D eigenvalue weighted by molar-refractivity contribution is 0.0819. The second-order valence-electron chi connectivity index (χ2n) is 4.46. The molecule has 0 fully saturated rings. The lowest BCUT2D eigenvalue weighted by atomic mass is 10.1. The van der Waals surface area contributed by atoms with Crippen LogP contribution in [0.25, 0.3) is 0 Å². The Kier molecular flexibility index (Phi) is 5.39. The highest BCUT2D eigenvalue weighted by Crippen LogP contribution is 2.27. The van der Waals surface area contributed by atoms with Crippen LogP contribution in [-0.2, 0) is 16.4 Å². The summed E-state index contributed by atoms with van der Waals surface area (Å²) in [7, 11) is -4.06. The molecule has 1 aromatic heterocycles. The van der Waals surface area contributed by atoms with E-state index in [9.17, 15) is 17.9 Å². The molecule has 0 saturated heterocycles. The number of primary sulfonamides is 1. The maximum Gasteiger partial charge on any atom is 0.240 e. The normalized spacial score (nSPS) is 15.2. The molecule has 7 heteroatoms. The zero-order chi connectivity index (χ0) is 14.6. The number of nitrogens with two attached hydrogens (primary N) is 1. The van der Waals surface area contributed by atoms with Crippen LogP contribution in [0.5, 0.6) is 0 Å². The summed E-state index contributed by atoms with van der Waals surface area (Å²) in [6.07, 6.45) is 0.271. The predicted molar refractivity (Wildman–Crippen MR) is 69.8 cm³/mol. The van der Waals surface area contributed by atoms with Gasteiger partial charge in [0.2, 0.25) is 10.0 Å². The van der Waals surface area contributed by atoms with Gasteiger partial charge in [-0.3, -0.25) is 4.98 Å². The van der Waals surface area contributed by atoms with Crippen molar-refractivity contribution < 1.29 is 17.9 Å². The molecule has 2 atom stereocenters. The highest BCUT2D eigenvalue weighted by atomic mass is 32.2. The molecule has 0 aromatic carbocycles. The van der Waals surface area contributed by atoms with E-state index < -0.39 is 22.3 Å². The first kappa shape index (κ1) is 16.0. The van der Waals surface area contributed by atoms with Gasteiger partial charge in [0.15, 0.2) is 0 Å². The van der Waals surface area contributed by atoms with Crippen LogP contribution in [0.1, 0.15) is 44.1 Å². The first-order valence-corrected chi connectivity index (χ1v) is 7.66. The first-order chi connectivity index (χ1) is 8.79. The average molecular weight is 290 g/mol. The number of unbranched alkanes of at least 4 members (excludes halogenated alkanes) is 1. The SMILES string of the molecule is CCCCc1ccnc(C(O)C(C)F)c1S(N)(=O)=O. The molecule has 0 aliphatic heterocycles. The Morgan fingerprint density at radius 2 is 2.16 bits per heavy atom. The molecule has 3 N–H and O–H groups in total. The molecule has 19 heavy (non-hydrogen) atoms. The van der Waals surface area contributed by atoms with Crippen molar-refractivity contribution in [1.29, 1.82) is 0 Å². The van der Waals surface area contributed by atoms with Gasteiger partial charge in [-0.2, -0.15) is 0 Å². The molecule has 0 aliphatic carbocycles. The van der Waals surface area contributed by atoms with Gasteiger partial charge in [0, 0.05) is 6.20 Å². The number of aliphatic hydroxyl groups excluding tert-OH is 1. The van der Waals surface area contributed by atoms with Crippen molar-refractivity contribution in [2.45, 2.75) is 50.3 Å². The zero-order valence-corrected chi connectivity index (χ0v) is 11.8. The molecule has 2 unspecified atom stereocenters. The second kappa shape index (κ2) is 6.40. The molecule has 0 spiro atoms. The molecule has 1 heterocycles. The van der Waals surface area contributed by atoms with Crippen LogP contribution in [0.2, 0.25) is 0 Å². The lowest BCUT2D eigenvalue weighted by Crippen LogP contribution is -2.22. The van der Waals surface area contributed by atoms with Crippen LogP contribution >= 0.6 is 0 Å². The van der Waals surface area contributed by atoms with Gasteiger partial charge in [0.1, 0.15) is 17.2 Å². The summed E-state index contributed by atoms with van der Waals surface area (Å²) in [6.45, 7) is 3.11. The number of hydrogen-bond donors (Lipinski definition) is 2. The highest BCUT2D eigenvalue weighted by molar-refractivity contribution is 7.89. The van der Waals surface area contributed by atoms with Crippen molar-refractivity contribution in [3.8, 4) is 0 Å². The maximum atomic E-state index is 13.2. The van der Waals surface area contributed by atoms with E-state index in [0.29, 0.717) is 12.0 Å². The Morgan fingerprint density at radius 3 is 2.63 bits per heavy atom. The molecule has 1 rings (SSSR count). The van der Waals surface area contributed by atoms with Crippen LogP contribution in [0.4, 0.5) is 4.39 Å². The fraction of sp³-hybridized carbons (Fsp3) is 0.583. The molecule has 0 saturated carbocycles. The number of pyridine rings is 1. The Morgan fingerprint density at radius 1 is 1.53 bits per heavy atom. The van der Waals surface area contributed by atoms with Crippen molar-refractivity contribution in [3.63, 3.8) is 0 Å². The van der Waals surface area contributed by atoms with E-state index in [4.69, 9.17) is 5.14 Å². The van der Waals surface area contributed by atoms with Crippen LogP contribution in [0.3, 0.4) is 0 Å². The summed E-state index contributed by atoms with van der Waals surface area (Å²) in [4.78, 5) is 3.54. The summed E-state index contributed by atoms with van der Waals surface area (Å²) in [5.74, 6) is 0. The largest absolute Gasteiger partial charge is 0.384 e. The van der Waals surface area contributed by atoms with E-state index >= 15 is 0 Å². The molecule has 108 valence electrons. The summed E-state index contributed by atoms with van der Waals surface area (Å²) < 4.78 is 36.5. The number of hydrogen-bond acceptors (Lipinski definition) is 4. The van der Waals surface area contributed by atoms with E-state index in [1.165, 1.54) is 12.3 Å². The summed E-state index contributed by atoms with van der Waals surface area (Å²) in [5.41, 5.74) is 0.250. The number of aromatic nitrogens is 1. The number of sulfonamides is 1. The number of aliphatic hydroxyl groups is 1. The molecule has 0 amide bonds. The third-order valence-corrected chi connectivity index (χ3v) is 3.85. The van der Waals surface area contributed by atoms with Crippen LogP contribution in [0.15, 0.2) is 17.2 Å². The number of aryl methyl sites for hydroxylation is 1. The van der Waals surface area contributed by atoms with Crippen LogP contribution in [-0.4, -0.2) is 24.7 Å². The van der Waals surface area contributed by atoms with Crippen LogP contribution < -0.4 is 5.14 Å². The van der Waals surface area contributed by atoms with Gasteiger partial charge >= 0.3 is 0 Å². The predicted octanol–water partition coefficient (Wildman–Crippen LogP) is 1.46. The van der Waals surface area contributed by atoms with E-state index in [0.717, 1.165) is 19.8 Å². The molecule has 5 nitrogen and oxygen atoms in total. The summed E-state index contributed by atoms with van der Waals surface area (Å²) >= 11 is 0. The quantitative estimate of drug-likeness (QED) is 0.829. The van der Waals surface area contributed by atoms with Crippen LogP contribution in [0, 0.1) is 0 Å². The van der Waals surface area contributed by atoms with Gasteiger partial charge in [0.05, 0.1) is 5.69 Å². The van der Waals surface area contributed by atoms with E-state index in [2.05, 4.69) is 4.98 Å². The number of nitrogens with zero attached hydrogens (tertiary/aromatic N) is 1. The minimum Gasteiger partial charge on any atom is -0.384 e. The van der Waals surface area contributed by atoms with Crippen molar-refractivity contribution in [2.24, 2.45) is 5.14 Å². The Hall–Kier alpha value is -1.05. The van der Waals surface area contributed by atoms with E-state index in [1.54, 1.807) is 0 Å². The molecular weight excluding hydrogens is 271 g/mol. The molecule has 0 aliphatic rings. The van der Waals surface area contributed by atoms with Crippen molar-refractivity contribution in [3.05, 3.63) is 23.5 Å². The molecule has 0 radical (unpaired) electrons. The second-order valence-corrected chi connectivity index (χ2v) is 5.95. The topological polar surface area (TPSA) is 93.3 Å².